The molecule has 40 heavy (non-hydrogen) atoms. The van der Waals surface area contributed by atoms with Gasteiger partial charge in [0, 0.05) is 20.6 Å². The quantitative estimate of drug-likeness (QED) is 0.191. The topological polar surface area (TPSA) is 4.93 Å². The van der Waals surface area contributed by atoms with Crippen LogP contribution in [0, 0.1) is 0 Å². The van der Waals surface area contributed by atoms with Crippen molar-refractivity contribution in [1.29, 1.82) is 0 Å². The molecule has 6 aromatic carbocycles. The molecule has 186 valence electrons. The van der Waals surface area contributed by atoms with Crippen molar-refractivity contribution in [2.75, 3.05) is 0 Å². The summed E-state index contributed by atoms with van der Waals surface area (Å²) in [4.78, 5) is 2.71. The smallest absolute Gasteiger partial charge is 0.0764 e. The zero-order valence-corrected chi connectivity index (χ0v) is 22.5. The van der Waals surface area contributed by atoms with E-state index in [2.05, 4.69) is 132 Å². The first kappa shape index (κ1) is 21.3. The van der Waals surface area contributed by atoms with Crippen LogP contribution in [0.5, 0.6) is 0 Å². The van der Waals surface area contributed by atoms with E-state index in [0.717, 1.165) is 6.42 Å². The van der Waals surface area contributed by atoms with Crippen LogP contribution in [0.3, 0.4) is 0 Å². The van der Waals surface area contributed by atoms with Crippen molar-refractivity contribution in [3.63, 3.8) is 0 Å². The van der Waals surface area contributed by atoms with Gasteiger partial charge in [0.2, 0.25) is 0 Å². The predicted octanol–water partition coefficient (Wildman–Crippen LogP) is 9.52. The van der Waals surface area contributed by atoms with Crippen molar-refractivity contribution in [2.45, 2.75) is 21.6 Å². The highest BCUT2D eigenvalue weighted by Crippen LogP contribution is 2.61. The second-order valence-corrected chi connectivity index (χ2v) is 12.3. The first-order valence-corrected chi connectivity index (χ1v) is 14.8. The molecule has 0 saturated carbocycles. The minimum absolute atomic E-state index is 0.401. The highest BCUT2D eigenvalue weighted by molar-refractivity contribution is 7.99. The molecule has 1 aromatic heterocycles. The molecule has 3 heterocycles. The second-order valence-electron chi connectivity index (χ2n) is 11.3. The highest BCUT2D eigenvalue weighted by Gasteiger charge is 2.49. The normalized spacial score (nSPS) is 17.4. The molecular weight excluding hydrogens is 502 g/mol. The maximum Gasteiger partial charge on any atom is 0.0764 e. The molecule has 7 aromatic rings. The van der Waals surface area contributed by atoms with E-state index in [1.165, 1.54) is 81.8 Å². The first-order valence-electron chi connectivity index (χ1n) is 14.0. The van der Waals surface area contributed by atoms with Gasteiger partial charge in [-0.2, -0.15) is 0 Å². The Morgan fingerprint density at radius 2 is 1.27 bits per heavy atom. The predicted molar refractivity (Wildman–Crippen MR) is 165 cm³/mol. The minimum atomic E-state index is -0.401. The number of benzene rings is 6. The fourth-order valence-corrected chi connectivity index (χ4v) is 9.17. The number of aromatic nitrogens is 1. The maximum absolute atomic E-state index is 2.56. The van der Waals surface area contributed by atoms with Gasteiger partial charge in [0.15, 0.2) is 0 Å². The lowest BCUT2D eigenvalue weighted by molar-refractivity contribution is 0.688. The molecule has 1 nitrogen and oxygen atoms in total. The van der Waals surface area contributed by atoms with Crippen molar-refractivity contribution in [1.82, 2.24) is 4.57 Å². The fraction of sp³-hybridized carbons (Fsp3) is 0.0526. The third-order valence-electron chi connectivity index (χ3n) is 9.46. The van der Waals surface area contributed by atoms with Crippen molar-refractivity contribution >= 4 is 33.6 Å². The van der Waals surface area contributed by atoms with Gasteiger partial charge in [-0.05, 0) is 75.2 Å². The molecule has 0 bridgehead atoms. The van der Waals surface area contributed by atoms with Crippen LogP contribution >= 0.6 is 11.8 Å². The van der Waals surface area contributed by atoms with E-state index in [1.807, 2.05) is 11.8 Å². The largest absolute Gasteiger partial charge is 0.309 e. The Labute approximate surface area is 236 Å². The molecule has 0 amide bonds. The van der Waals surface area contributed by atoms with E-state index in [4.69, 9.17) is 0 Å². The zero-order chi connectivity index (χ0) is 26.0. The molecule has 2 heteroatoms. The summed E-state index contributed by atoms with van der Waals surface area (Å²) in [5.41, 5.74) is 14.7. The van der Waals surface area contributed by atoms with Crippen molar-refractivity contribution < 1.29 is 0 Å². The Bertz CT molecular complexity index is 2240. The second kappa shape index (κ2) is 7.35. The monoisotopic (exact) mass is 525 g/mol. The summed E-state index contributed by atoms with van der Waals surface area (Å²) in [5.74, 6) is 0. The lowest BCUT2D eigenvalue weighted by Crippen LogP contribution is -2.37. The van der Waals surface area contributed by atoms with Gasteiger partial charge in [0.1, 0.15) is 0 Å². The first-order chi connectivity index (χ1) is 19.8. The standard InChI is InChI=1S/C38H23NS/c1-2-11-25-23(10-1)20-24-21-32-36(22-28(24)25)40-35-19-8-5-15-30(35)38(32)29-14-4-7-18-34(29)39-33-17-6-3-12-26(33)27-13-9-16-31(38)37(27)39/h1-19,21-22H,20H2. The van der Waals surface area contributed by atoms with Crippen LogP contribution < -0.4 is 0 Å². The molecule has 10 rings (SSSR count). The third kappa shape index (κ3) is 2.39. The van der Waals surface area contributed by atoms with Gasteiger partial charge < -0.3 is 4.57 Å². The molecule has 0 saturated heterocycles. The van der Waals surface area contributed by atoms with Gasteiger partial charge in [-0.3, -0.25) is 0 Å². The van der Waals surface area contributed by atoms with Gasteiger partial charge in [0.05, 0.1) is 22.1 Å². The van der Waals surface area contributed by atoms with E-state index in [-0.39, 0.29) is 0 Å². The van der Waals surface area contributed by atoms with Gasteiger partial charge in [-0.25, -0.2) is 0 Å². The molecule has 1 atom stereocenters. The van der Waals surface area contributed by atoms with E-state index in [9.17, 15) is 0 Å². The van der Waals surface area contributed by atoms with Crippen molar-refractivity contribution in [3.05, 3.63) is 161 Å². The third-order valence-corrected chi connectivity index (χ3v) is 10.6. The molecular formula is C38H23NS. The SMILES string of the molecule is c1ccc2c(c1)Cc1cc3c(cc1-2)Sc1ccccc1C31c2ccccc2-n2c3ccccc3c3cccc1c32. The minimum Gasteiger partial charge on any atom is -0.309 e. The Morgan fingerprint density at radius 3 is 2.25 bits per heavy atom. The summed E-state index contributed by atoms with van der Waals surface area (Å²) < 4.78 is 2.52. The van der Waals surface area contributed by atoms with Gasteiger partial charge in [-0.1, -0.05) is 115 Å². The number of hydrogen-bond acceptors (Lipinski definition) is 1. The molecule has 1 spiro atoms. The van der Waals surface area contributed by atoms with Crippen LogP contribution in [-0.2, 0) is 11.8 Å². The number of nitrogens with zero attached hydrogens (tertiary/aromatic N) is 1. The summed E-state index contributed by atoms with van der Waals surface area (Å²) in [7, 11) is 0. The van der Waals surface area contributed by atoms with Crippen molar-refractivity contribution in [2.24, 2.45) is 0 Å². The van der Waals surface area contributed by atoms with E-state index < -0.39 is 5.41 Å². The summed E-state index contributed by atoms with van der Waals surface area (Å²) in [6, 6.07) is 48.1. The average molecular weight is 526 g/mol. The summed E-state index contributed by atoms with van der Waals surface area (Å²) in [6.07, 6.45) is 0.993. The highest BCUT2D eigenvalue weighted by atomic mass is 32.2. The van der Waals surface area contributed by atoms with Crippen molar-refractivity contribution in [3.8, 4) is 16.8 Å². The van der Waals surface area contributed by atoms with Gasteiger partial charge >= 0.3 is 0 Å². The van der Waals surface area contributed by atoms with Gasteiger partial charge in [-0.15, -0.1) is 0 Å². The van der Waals surface area contributed by atoms with Crippen LogP contribution in [-0.4, -0.2) is 4.57 Å². The average Bonchev–Trinajstić information content (AvgIpc) is 3.54. The lowest BCUT2D eigenvalue weighted by Gasteiger charge is -2.45. The summed E-state index contributed by atoms with van der Waals surface area (Å²) >= 11 is 1.93. The van der Waals surface area contributed by atoms with Crippen LogP contribution in [0.25, 0.3) is 38.6 Å². The van der Waals surface area contributed by atoms with Gasteiger partial charge in [0.25, 0.3) is 0 Å². The zero-order valence-electron chi connectivity index (χ0n) is 21.7. The van der Waals surface area contributed by atoms with E-state index in [0.29, 0.717) is 0 Å². The molecule has 1 unspecified atom stereocenters. The van der Waals surface area contributed by atoms with Crippen LogP contribution in [0.15, 0.2) is 137 Å². The van der Waals surface area contributed by atoms with E-state index >= 15 is 0 Å². The van der Waals surface area contributed by atoms with Crippen LogP contribution in [0.2, 0.25) is 0 Å². The number of para-hydroxylation sites is 3. The van der Waals surface area contributed by atoms with Crippen LogP contribution in [0.4, 0.5) is 0 Å². The molecule has 3 aliphatic rings. The fourth-order valence-electron chi connectivity index (χ4n) is 7.95. The van der Waals surface area contributed by atoms with E-state index in [1.54, 1.807) is 0 Å². The Hall–Kier alpha value is -4.53. The lowest BCUT2D eigenvalue weighted by atomic mass is 9.62. The number of hydrogen-bond donors (Lipinski definition) is 0. The maximum atomic E-state index is 2.56. The Morgan fingerprint density at radius 1 is 0.525 bits per heavy atom. The molecule has 0 radical (unpaired) electrons. The number of fused-ring (bicyclic) bond motifs is 14. The Kier molecular flexibility index (Phi) is 3.92. The Balaban J connectivity index is 1.42. The number of rotatable bonds is 0. The molecule has 0 fully saturated rings. The summed E-state index contributed by atoms with van der Waals surface area (Å²) in [5, 5.41) is 2.64. The van der Waals surface area contributed by atoms with Crippen LogP contribution in [0.1, 0.15) is 33.4 Å². The summed E-state index contributed by atoms with van der Waals surface area (Å²) in [6.45, 7) is 0. The molecule has 0 N–H and O–H groups in total. The molecule has 1 aliphatic carbocycles. The molecule has 2 aliphatic heterocycles.